The quantitative estimate of drug-likeness (QED) is 0.372. The molecule has 5 aliphatic rings. The highest BCUT2D eigenvalue weighted by Gasteiger charge is 2.70. The van der Waals surface area contributed by atoms with E-state index in [2.05, 4.69) is 61.5 Å². The lowest BCUT2D eigenvalue weighted by molar-refractivity contribution is -0.233. The number of fused-ring (bicyclic) bond motifs is 7. The van der Waals surface area contributed by atoms with Gasteiger partial charge in [0.05, 0.1) is 17.6 Å². The first-order valence-corrected chi connectivity index (χ1v) is 14.3. The molecule has 0 amide bonds. The summed E-state index contributed by atoms with van der Waals surface area (Å²) in [6.07, 6.45) is 8.42. The predicted molar refractivity (Wildman–Crippen MR) is 139 cm³/mol. The number of carboxylic acids is 1. The zero-order chi connectivity index (χ0) is 26.0. The van der Waals surface area contributed by atoms with E-state index in [1.54, 1.807) is 0 Å². The van der Waals surface area contributed by atoms with Crippen molar-refractivity contribution in [1.82, 2.24) is 0 Å². The van der Waals surface area contributed by atoms with E-state index >= 15 is 0 Å². The first-order chi connectivity index (χ1) is 16.0. The molecular formula is C31H50O4. The van der Waals surface area contributed by atoms with Crippen LogP contribution in [0.3, 0.4) is 0 Å². The molecule has 0 spiro atoms. The number of aliphatic hydroxyl groups excluding tert-OH is 2. The van der Waals surface area contributed by atoms with E-state index in [9.17, 15) is 20.1 Å². The number of aliphatic carboxylic acids is 1. The first-order valence-electron chi connectivity index (χ1n) is 14.3. The maximum absolute atomic E-state index is 12.9. The van der Waals surface area contributed by atoms with Crippen molar-refractivity contribution in [3.8, 4) is 0 Å². The summed E-state index contributed by atoms with van der Waals surface area (Å²) in [5.74, 6) is 0.645. The zero-order valence-electron chi connectivity index (χ0n) is 23.4. The maximum Gasteiger partial charge on any atom is 0.310 e. The Bertz CT molecular complexity index is 950. The van der Waals surface area contributed by atoms with Gasteiger partial charge in [-0.15, -0.1) is 0 Å². The van der Waals surface area contributed by atoms with Crippen LogP contribution in [0.4, 0.5) is 0 Å². The highest BCUT2D eigenvalue weighted by molar-refractivity contribution is 5.76. The van der Waals surface area contributed by atoms with Gasteiger partial charge in [-0.1, -0.05) is 67.0 Å². The van der Waals surface area contributed by atoms with Gasteiger partial charge in [-0.3, -0.25) is 4.79 Å². The molecule has 0 bridgehead atoms. The Hall–Kier alpha value is -0.870. The molecular weight excluding hydrogens is 436 g/mol. The molecule has 0 heterocycles. The molecule has 5 aliphatic carbocycles. The van der Waals surface area contributed by atoms with Crippen LogP contribution in [-0.2, 0) is 4.79 Å². The van der Waals surface area contributed by atoms with Gasteiger partial charge in [0, 0.05) is 0 Å². The van der Waals surface area contributed by atoms with E-state index < -0.39 is 23.6 Å². The number of carbonyl (C=O) groups is 1. The number of hydrogen-bond acceptors (Lipinski definition) is 3. The number of carboxylic acid groups (broad SMARTS) is 1. The average molecular weight is 487 g/mol. The molecule has 4 fully saturated rings. The lowest BCUT2D eigenvalue weighted by atomic mass is 9.33. The third-order valence-corrected chi connectivity index (χ3v) is 13.8. The number of allylic oxidation sites excluding steroid dienone is 2. The fourth-order valence-electron chi connectivity index (χ4n) is 11.1. The summed E-state index contributed by atoms with van der Waals surface area (Å²) >= 11 is 0. The van der Waals surface area contributed by atoms with Gasteiger partial charge in [0.1, 0.15) is 0 Å². The second-order valence-electron chi connectivity index (χ2n) is 15.5. The van der Waals surface area contributed by atoms with Crippen molar-refractivity contribution in [2.75, 3.05) is 0 Å². The minimum Gasteiger partial charge on any atom is -0.481 e. The van der Waals surface area contributed by atoms with E-state index in [0.29, 0.717) is 24.2 Å². The zero-order valence-corrected chi connectivity index (χ0v) is 23.4. The molecule has 0 aromatic rings. The Kier molecular flexibility index (Phi) is 5.42. The third-order valence-electron chi connectivity index (χ3n) is 13.8. The molecule has 0 saturated heterocycles. The topological polar surface area (TPSA) is 77.8 Å². The smallest absolute Gasteiger partial charge is 0.310 e. The van der Waals surface area contributed by atoms with E-state index in [1.807, 2.05) is 0 Å². The van der Waals surface area contributed by atoms with E-state index in [4.69, 9.17) is 0 Å². The second-order valence-corrected chi connectivity index (χ2v) is 15.5. The van der Waals surface area contributed by atoms with Gasteiger partial charge in [0.25, 0.3) is 0 Å². The van der Waals surface area contributed by atoms with Crippen molar-refractivity contribution in [1.29, 1.82) is 0 Å². The lowest BCUT2D eigenvalue weighted by Gasteiger charge is -2.72. The highest BCUT2D eigenvalue weighted by atomic mass is 16.4. The first kappa shape index (κ1) is 25.8. The van der Waals surface area contributed by atoms with Gasteiger partial charge in [0.15, 0.2) is 0 Å². The van der Waals surface area contributed by atoms with Crippen LogP contribution in [-0.4, -0.2) is 33.5 Å². The van der Waals surface area contributed by atoms with Crippen LogP contribution in [0.5, 0.6) is 0 Å². The monoisotopic (exact) mass is 486 g/mol. The largest absolute Gasteiger partial charge is 0.481 e. The fourth-order valence-corrected chi connectivity index (χ4v) is 11.1. The van der Waals surface area contributed by atoms with Crippen molar-refractivity contribution in [2.45, 2.75) is 119 Å². The Labute approximate surface area is 213 Å². The van der Waals surface area contributed by atoms with Crippen LogP contribution >= 0.6 is 0 Å². The van der Waals surface area contributed by atoms with Crippen LogP contribution in [0.25, 0.3) is 0 Å². The standard InChI is InChI=1S/C31H50O4/c1-18-23-19-9-10-22-28(6)17-20(32)24(33)27(4,5)21(28)11-12-30(22,8)29(19,7)14-16-31(23,25(34)35)15-13-26(18,2)3/h9,18,20-24,32-33H,10-17H2,1-8H3,(H,34,35). The van der Waals surface area contributed by atoms with Crippen LogP contribution in [0.1, 0.15) is 107 Å². The Morgan fingerprint density at radius 2 is 1.54 bits per heavy atom. The molecule has 4 nitrogen and oxygen atoms in total. The molecule has 0 aliphatic heterocycles. The van der Waals surface area contributed by atoms with Crippen molar-refractivity contribution in [3.05, 3.63) is 11.6 Å². The summed E-state index contributed by atoms with van der Waals surface area (Å²) < 4.78 is 0. The van der Waals surface area contributed by atoms with Crippen molar-refractivity contribution in [3.63, 3.8) is 0 Å². The average Bonchev–Trinajstić information content (AvgIpc) is 2.75. The van der Waals surface area contributed by atoms with Crippen molar-refractivity contribution < 1.29 is 20.1 Å². The molecule has 10 unspecified atom stereocenters. The second kappa shape index (κ2) is 7.37. The fraction of sp³-hybridized carbons (Fsp3) is 0.903. The molecule has 5 rings (SSSR count). The Balaban J connectivity index is 1.63. The van der Waals surface area contributed by atoms with Gasteiger partial charge in [0.2, 0.25) is 0 Å². The summed E-state index contributed by atoms with van der Waals surface area (Å²) in [7, 11) is 0. The van der Waals surface area contributed by atoms with Gasteiger partial charge in [-0.25, -0.2) is 0 Å². The van der Waals surface area contributed by atoms with Crippen LogP contribution in [0.15, 0.2) is 11.6 Å². The highest BCUT2D eigenvalue weighted by Crippen LogP contribution is 2.76. The number of hydrogen-bond donors (Lipinski definition) is 3. The molecule has 198 valence electrons. The number of rotatable bonds is 1. The van der Waals surface area contributed by atoms with E-state index in [1.165, 1.54) is 5.57 Å². The predicted octanol–water partition coefficient (Wildman–Crippen LogP) is 6.45. The third kappa shape index (κ3) is 2.96. The molecule has 0 aromatic heterocycles. The molecule has 0 aromatic carbocycles. The van der Waals surface area contributed by atoms with Crippen molar-refractivity contribution >= 4 is 5.97 Å². The van der Waals surface area contributed by atoms with Crippen LogP contribution in [0.2, 0.25) is 0 Å². The van der Waals surface area contributed by atoms with Gasteiger partial charge in [-0.05, 0) is 102 Å². The van der Waals surface area contributed by atoms with Gasteiger partial charge >= 0.3 is 5.97 Å². The molecule has 0 radical (unpaired) electrons. The van der Waals surface area contributed by atoms with E-state index in [0.717, 1.165) is 44.9 Å². The number of aliphatic hydroxyl groups is 2. The van der Waals surface area contributed by atoms with Crippen LogP contribution in [0, 0.1) is 56.2 Å². The maximum atomic E-state index is 12.9. The van der Waals surface area contributed by atoms with E-state index in [-0.39, 0.29) is 33.0 Å². The SMILES string of the molecule is CC1C2C3=CCC4C5(C)CC(O)C(O)C(C)(C)C5CCC4(C)C3(C)CCC2(C(=O)O)CCC1(C)C. The minimum absolute atomic E-state index is 0.0274. The summed E-state index contributed by atoms with van der Waals surface area (Å²) in [5.41, 5.74) is 0.634. The van der Waals surface area contributed by atoms with Crippen LogP contribution < -0.4 is 0 Å². The van der Waals surface area contributed by atoms with Crippen molar-refractivity contribution in [2.24, 2.45) is 56.2 Å². The summed E-state index contributed by atoms with van der Waals surface area (Å²) in [6.45, 7) is 18.7. The Morgan fingerprint density at radius 1 is 0.914 bits per heavy atom. The summed E-state index contributed by atoms with van der Waals surface area (Å²) in [6, 6.07) is 0. The van der Waals surface area contributed by atoms with Gasteiger partial charge < -0.3 is 15.3 Å². The Morgan fingerprint density at radius 3 is 2.17 bits per heavy atom. The lowest BCUT2D eigenvalue weighted by Crippen LogP contribution is -2.67. The molecule has 10 atom stereocenters. The summed E-state index contributed by atoms with van der Waals surface area (Å²) in [5, 5.41) is 32.5. The molecule has 3 N–H and O–H groups in total. The van der Waals surface area contributed by atoms with Gasteiger partial charge in [-0.2, -0.15) is 0 Å². The molecule has 35 heavy (non-hydrogen) atoms. The normalized spacial score (nSPS) is 54.4. The molecule has 4 saturated carbocycles. The summed E-state index contributed by atoms with van der Waals surface area (Å²) in [4.78, 5) is 12.9. The minimum atomic E-state index is -0.683. The molecule has 4 heteroatoms.